The molecule has 0 saturated carbocycles. The molecule has 0 radical (unpaired) electrons. The standard InChI is InChI=1S/C14H9BrCl2F3N/c15-9-1-3-12(16)8(5-9)7-21-10-2-4-13(17)11(6-10)14(18,19)20/h1-6,21H,7H2. The fourth-order valence-electron chi connectivity index (χ4n) is 1.73. The molecule has 0 spiro atoms. The number of hydrogen-bond donors (Lipinski definition) is 1. The minimum absolute atomic E-state index is 0.303. The van der Waals surface area contributed by atoms with Gasteiger partial charge in [-0.2, -0.15) is 13.2 Å². The summed E-state index contributed by atoms with van der Waals surface area (Å²) < 4.78 is 39.2. The van der Waals surface area contributed by atoms with E-state index in [1.165, 1.54) is 12.1 Å². The van der Waals surface area contributed by atoms with Crippen LogP contribution in [-0.2, 0) is 12.7 Å². The molecule has 21 heavy (non-hydrogen) atoms. The second-order valence-electron chi connectivity index (χ2n) is 4.28. The van der Waals surface area contributed by atoms with E-state index in [2.05, 4.69) is 21.2 Å². The Morgan fingerprint density at radius 2 is 1.67 bits per heavy atom. The van der Waals surface area contributed by atoms with Gasteiger partial charge in [0, 0.05) is 21.7 Å². The zero-order valence-corrected chi connectivity index (χ0v) is 13.5. The summed E-state index contributed by atoms with van der Waals surface area (Å²) in [6, 6.07) is 8.99. The van der Waals surface area contributed by atoms with E-state index in [0.29, 0.717) is 17.3 Å². The summed E-state index contributed by atoms with van der Waals surface area (Å²) in [5.41, 5.74) is 0.229. The van der Waals surface area contributed by atoms with E-state index in [-0.39, 0.29) is 5.02 Å². The molecule has 1 N–H and O–H groups in total. The van der Waals surface area contributed by atoms with Gasteiger partial charge in [-0.3, -0.25) is 0 Å². The summed E-state index contributed by atoms with van der Waals surface area (Å²) in [5.74, 6) is 0. The lowest BCUT2D eigenvalue weighted by Gasteiger charge is -2.13. The van der Waals surface area contributed by atoms with Gasteiger partial charge in [-0.25, -0.2) is 0 Å². The summed E-state index contributed by atoms with van der Waals surface area (Å²) in [4.78, 5) is 0. The van der Waals surface area contributed by atoms with E-state index in [0.717, 1.165) is 16.1 Å². The van der Waals surface area contributed by atoms with Crippen molar-refractivity contribution in [3.8, 4) is 0 Å². The zero-order valence-electron chi connectivity index (χ0n) is 10.4. The Morgan fingerprint density at radius 3 is 2.33 bits per heavy atom. The van der Waals surface area contributed by atoms with Crippen molar-refractivity contribution in [2.75, 3.05) is 5.32 Å². The SMILES string of the molecule is FC(F)(F)c1cc(NCc2cc(Br)ccc2Cl)ccc1Cl. The first-order valence-electron chi connectivity index (χ1n) is 5.82. The molecule has 0 saturated heterocycles. The summed E-state index contributed by atoms with van der Waals surface area (Å²) in [6.07, 6.45) is -4.48. The van der Waals surface area contributed by atoms with E-state index in [1.807, 2.05) is 0 Å². The smallest absolute Gasteiger partial charge is 0.381 e. The second kappa shape index (κ2) is 6.46. The highest BCUT2D eigenvalue weighted by Crippen LogP contribution is 2.36. The minimum Gasteiger partial charge on any atom is -0.381 e. The first kappa shape index (κ1) is 16.5. The first-order valence-corrected chi connectivity index (χ1v) is 7.37. The van der Waals surface area contributed by atoms with Crippen LogP contribution in [0.5, 0.6) is 0 Å². The lowest BCUT2D eigenvalue weighted by atomic mass is 10.1. The Labute approximate surface area is 138 Å². The average Bonchev–Trinajstić information content (AvgIpc) is 2.40. The molecule has 0 aliphatic rings. The molecule has 0 heterocycles. The van der Waals surface area contributed by atoms with Crippen LogP contribution < -0.4 is 5.32 Å². The molecule has 0 aliphatic carbocycles. The van der Waals surface area contributed by atoms with Crippen LogP contribution in [0.1, 0.15) is 11.1 Å². The highest BCUT2D eigenvalue weighted by atomic mass is 79.9. The highest BCUT2D eigenvalue weighted by Gasteiger charge is 2.33. The van der Waals surface area contributed by atoms with Crippen molar-refractivity contribution in [2.24, 2.45) is 0 Å². The van der Waals surface area contributed by atoms with Gasteiger partial charge in [0.05, 0.1) is 10.6 Å². The van der Waals surface area contributed by atoms with Gasteiger partial charge in [0.15, 0.2) is 0 Å². The lowest BCUT2D eigenvalue weighted by molar-refractivity contribution is -0.137. The molecule has 0 bridgehead atoms. The molecular formula is C14H9BrCl2F3N. The summed E-state index contributed by atoms with van der Waals surface area (Å²) in [6.45, 7) is 0.303. The number of anilines is 1. The largest absolute Gasteiger partial charge is 0.417 e. The quantitative estimate of drug-likeness (QED) is 0.631. The van der Waals surface area contributed by atoms with Crippen molar-refractivity contribution < 1.29 is 13.2 Å². The van der Waals surface area contributed by atoms with Crippen LogP contribution in [0.2, 0.25) is 10.0 Å². The molecule has 2 rings (SSSR count). The van der Waals surface area contributed by atoms with Crippen LogP contribution in [0.4, 0.5) is 18.9 Å². The first-order chi connectivity index (χ1) is 9.77. The lowest BCUT2D eigenvalue weighted by Crippen LogP contribution is -2.07. The molecule has 0 unspecified atom stereocenters. The molecule has 112 valence electrons. The van der Waals surface area contributed by atoms with Crippen LogP contribution in [-0.4, -0.2) is 0 Å². The Morgan fingerprint density at radius 1 is 1.00 bits per heavy atom. The molecule has 0 aliphatic heterocycles. The van der Waals surface area contributed by atoms with Crippen LogP contribution in [0.15, 0.2) is 40.9 Å². The van der Waals surface area contributed by atoms with Gasteiger partial charge in [-0.05, 0) is 42.0 Å². The fraction of sp³-hybridized carbons (Fsp3) is 0.143. The third kappa shape index (κ3) is 4.28. The van der Waals surface area contributed by atoms with Crippen LogP contribution in [0, 0.1) is 0 Å². The molecule has 0 amide bonds. The number of nitrogens with one attached hydrogen (secondary N) is 1. The van der Waals surface area contributed by atoms with Crippen molar-refractivity contribution in [3.05, 3.63) is 62.0 Å². The third-order valence-corrected chi connectivity index (χ3v) is 3.95. The number of halogens is 6. The van der Waals surface area contributed by atoms with Crippen molar-refractivity contribution in [3.63, 3.8) is 0 Å². The fourth-order valence-corrected chi connectivity index (χ4v) is 2.55. The van der Waals surface area contributed by atoms with Crippen LogP contribution in [0.3, 0.4) is 0 Å². The van der Waals surface area contributed by atoms with Gasteiger partial charge < -0.3 is 5.32 Å². The second-order valence-corrected chi connectivity index (χ2v) is 6.01. The van der Waals surface area contributed by atoms with Gasteiger partial charge in [0.1, 0.15) is 0 Å². The van der Waals surface area contributed by atoms with E-state index in [9.17, 15) is 13.2 Å². The Hall–Kier alpha value is -0.910. The molecule has 0 atom stereocenters. The van der Waals surface area contributed by atoms with Crippen molar-refractivity contribution in [2.45, 2.75) is 12.7 Å². The summed E-state index contributed by atoms with van der Waals surface area (Å²) in [7, 11) is 0. The van der Waals surface area contributed by atoms with E-state index in [4.69, 9.17) is 23.2 Å². The van der Waals surface area contributed by atoms with Crippen LogP contribution in [0.25, 0.3) is 0 Å². The van der Waals surface area contributed by atoms with E-state index in [1.54, 1.807) is 18.2 Å². The minimum atomic E-state index is -4.48. The van der Waals surface area contributed by atoms with Crippen molar-refractivity contribution >= 4 is 44.8 Å². The molecular weight excluding hydrogens is 390 g/mol. The normalized spacial score (nSPS) is 11.5. The third-order valence-electron chi connectivity index (χ3n) is 2.76. The Bertz CT molecular complexity index is 659. The predicted molar refractivity (Wildman–Crippen MR) is 82.9 cm³/mol. The van der Waals surface area contributed by atoms with Gasteiger partial charge in [-0.15, -0.1) is 0 Å². The summed E-state index contributed by atoms with van der Waals surface area (Å²) >= 11 is 14.9. The Kier molecular flexibility index (Phi) is 5.07. The molecule has 2 aromatic rings. The van der Waals surface area contributed by atoms with Crippen LogP contribution >= 0.6 is 39.1 Å². The number of hydrogen-bond acceptors (Lipinski definition) is 1. The van der Waals surface area contributed by atoms with Gasteiger partial charge in [-0.1, -0.05) is 39.1 Å². The number of rotatable bonds is 3. The maximum absolute atomic E-state index is 12.8. The topological polar surface area (TPSA) is 12.0 Å². The van der Waals surface area contributed by atoms with Crippen molar-refractivity contribution in [1.82, 2.24) is 0 Å². The molecule has 1 nitrogen and oxygen atoms in total. The van der Waals surface area contributed by atoms with E-state index < -0.39 is 11.7 Å². The summed E-state index contributed by atoms with van der Waals surface area (Å²) in [5, 5.41) is 3.12. The molecule has 7 heteroatoms. The van der Waals surface area contributed by atoms with Crippen molar-refractivity contribution in [1.29, 1.82) is 0 Å². The monoisotopic (exact) mass is 397 g/mol. The maximum Gasteiger partial charge on any atom is 0.417 e. The van der Waals surface area contributed by atoms with Gasteiger partial charge in [0.25, 0.3) is 0 Å². The number of alkyl halides is 3. The molecule has 0 aromatic heterocycles. The average molecular weight is 399 g/mol. The van der Waals surface area contributed by atoms with E-state index >= 15 is 0 Å². The zero-order chi connectivity index (χ0) is 15.6. The highest BCUT2D eigenvalue weighted by molar-refractivity contribution is 9.10. The Balaban J connectivity index is 2.19. The maximum atomic E-state index is 12.8. The number of benzene rings is 2. The van der Waals surface area contributed by atoms with Gasteiger partial charge in [0.2, 0.25) is 0 Å². The molecule has 2 aromatic carbocycles. The molecule has 0 fully saturated rings. The predicted octanol–water partition coefficient (Wildman–Crippen LogP) is 6.39. The van der Waals surface area contributed by atoms with Gasteiger partial charge >= 0.3 is 6.18 Å².